The minimum Gasteiger partial charge on any atom is -0.497 e. The maximum Gasteiger partial charge on any atom is 0.254 e. The van der Waals surface area contributed by atoms with Gasteiger partial charge in [0.2, 0.25) is 0 Å². The van der Waals surface area contributed by atoms with E-state index in [0.29, 0.717) is 6.42 Å². The van der Waals surface area contributed by atoms with E-state index in [4.69, 9.17) is 4.74 Å². The standard InChI is InChI=1S/C24H21NO2/c1-27-22-14-12-19(13-15-22)23-17-20(16-18-8-4-2-5-9-18)24(26)25(23)21-10-6-3-7-11-21/h2-16,23H,17H2,1H3/b20-16-. The van der Waals surface area contributed by atoms with E-state index in [1.165, 1.54) is 0 Å². The Kier molecular flexibility index (Phi) is 4.75. The molecule has 1 aliphatic rings. The van der Waals surface area contributed by atoms with Gasteiger partial charge < -0.3 is 9.64 Å². The molecule has 1 fully saturated rings. The van der Waals surface area contributed by atoms with Crippen molar-refractivity contribution >= 4 is 17.7 Å². The van der Waals surface area contributed by atoms with Crippen molar-refractivity contribution in [3.63, 3.8) is 0 Å². The molecule has 0 N–H and O–H groups in total. The van der Waals surface area contributed by atoms with Crippen LogP contribution in [0.4, 0.5) is 5.69 Å². The maximum atomic E-state index is 13.3. The average Bonchev–Trinajstić information content (AvgIpc) is 3.05. The second kappa shape index (κ2) is 7.50. The smallest absolute Gasteiger partial charge is 0.254 e. The first kappa shape index (κ1) is 17.1. The van der Waals surface area contributed by atoms with Crippen molar-refractivity contribution in [1.82, 2.24) is 0 Å². The molecule has 0 aromatic heterocycles. The zero-order valence-corrected chi connectivity index (χ0v) is 15.2. The number of para-hydroxylation sites is 1. The van der Waals surface area contributed by atoms with Gasteiger partial charge in [0.05, 0.1) is 13.2 Å². The van der Waals surface area contributed by atoms with Gasteiger partial charge in [0.1, 0.15) is 5.75 Å². The molecule has 27 heavy (non-hydrogen) atoms. The molecule has 1 atom stereocenters. The summed E-state index contributed by atoms with van der Waals surface area (Å²) in [7, 11) is 1.66. The molecule has 1 saturated heterocycles. The van der Waals surface area contributed by atoms with Crippen LogP contribution in [0.2, 0.25) is 0 Å². The van der Waals surface area contributed by atoms with Crippen molar-refractivity contribution in [3.05, 3.63) is 102 Å². The van der Waals surface area contributed by atoms with Crippen LogP contribution < -0.4 is 9.64 Å². The number of hydrogen-bond donors (Lipinski definition) is 0. The van der Waals surface area contributed by atoms with E-state index in [1.54, 1.807) is 7.11 Å². The second-order valence-corrected chi connectivity index (χ2v) is 6.58. The molecule has 0 bridgehead atoms. The topological polar surface area (TPSA) is 29.5 Å². The van der Waals surface area contributed by atoms with Crippen LogP contribution >= 0.6 is 0 Å². The van der Waals surface area contributed by atoms with Crippen LogP contribution in [-0.2, 0) is 4.79 Å². The molecule has 0 radical (unpaired) electrons. The zero-order valence-electron chi connectivity index (χ0n) is 15.2. The van der Waals surface area contributed by atoms with Gasteiger partial charge in [-0.25, -0.2) is 0 Å². The van der Waals surface area contributed by atoms with E-state index in [9.17, 15) is 4.79 Å². The molecule has 3 aromatic rings. The molecule has 0 spiro atoms. The van der Waals surface area contributed by atoms with E-state index < -0.39 is 0 Å². The van der Waals surface area contributed by atoms with Crippen molar-refractivity contribution in [1.29, 1.82) is 0 Å². The van der Waals surface area contributed by atoms with Crippen LogP contribution in [0.15, 0.2) is 90.5 Å². The molecule has 3 heteroatoms. The third kappa shape index (κ3) is 3.49. The summed E-state index contributed by atoms with van der Waals surface area (Å²) in [6.07, 6.45) is 2.68. The lowest BCUT2D eigenvalue weighted by atomic mass is 10.0. The number of rotatable bonds is 4. The number of nitrogens with zero attached hydrogens (tertiary/aromatic N) is 1. The fraction of sp³-hybridized carbons (Fsp3) is 0.125. The Morgan fingerprint density at radius 1 is 0.889 bits per heavy atom. The Morgan fingerprint density at radius 3 is 2.15 bits per heavy atom. The quantitative estimate of drug-likeness (QED) is 0.598. The Labute approximate surface area is 159 Å². The van der Waals surface area contributed by atoms with Crippen LogP contribution in [0.5, 0.6) is 5.75 Å². The highest BCUT2D eigenvalue weighted by atomic mass is 16.5. The summed E-state index contributed by atoms with van der Waals surface area (Å²) in [4.78, 5) is 15.1. The molecule has 1 aliphatic heterocycles. The minimum atomic E-state index is -0.0271. The highest BCUT2D eigenvalue weighted by Gasteiger charge is 2.37. The van der Waals surface area contributed by atoms with E-state index in [0.717, 1.165) is 28.1 Å². The minimum absolute atomic E-state index is 0.0271. The first-order chi connectivity index (χ1) is 13.3. The van der Waals surface area contributed by atoms with Crippen LogP contribution in [0.3, 0.4) is 0 Å². The lowest BCUT2D eigenvalue weighted by Crippen LogP contribution is -2.27. The third-order valence-electron chi connectivity index (χ3n) is 4.89. The van der Waals surface area contributed by atoms with Gasteiger partial charge in [-0.05, 0) is 41.5 Å². The molecular formula is C24H21NO2. The van der Waals surface area contributed by atoms with Crippen molar-refractivity contribution in [2.45, 2.75) is 12.5 Å². The lowest BCUT2D eigenvalue weighted by Gasteiger charge is -2.25. The first-order valence-corrected chi connectivity index (χ1v) is 9.04. The van der Waals surface area contributed by atoms with Gasteiger partial charge in [-0.15, -0.1) is 0 Å². The Morgan fingerprint density at radius 2 is 1.52 bits per heavy atom. The highest BCUT2D eigenvalue weighted by Crippen LogP contribution is 2.40. The van der Waals surface area contributed by atoms with Crippen LogP contribution in [0.1, 0.15) is 23.6 Å². The van der Waals surface area contributed by atoms with E-state index in [2.05, 4.69) is 0 Å². The van der Waals surface area contributed by atoms with Gasteiger partial charge in [0.25, 0.3) is 5.91 Å². The molecule has 3 aromatic carbocycles. The summed E-state index contributed by atoms with van der Waals surface area (Å²) >= 11 is 0. The predicted molar refractivity (Wildman–Crippen MR) is 109 cm³/mol. The normalized spacial score (nSPS) is 18.1. The number of benzene rings is 3. The number of hydrogen-bond acceptors (Lipinski definition) is 2. The van der Waals surface area contributed by atoms with Crippen molar-refractivity contribution in [3.8, 4) is 5.75 Å². The molecule has 134 valence electrons. The molecular weight excluding hydrogens is 334 g/mol. The van der Waals surface area contributed by atoms with Crippen molar-refractivity contribution < 1.29 is 9.53 Å². The predicted octanol–water partition coefficient (Wildman–Crippen LogP) is 5.26. The number of methoxy groups -OCH3 is 1. The average molecular weight is 355 g/mol. The van der Waals surface area contributed by atoms with Gasteiger partial charge >= 0.3 is 0 Å². The molecule has 1 heterocycles. The van der Waals surface area contributed by atoms with Crippen LogP contribution in [0.25, 0.3) is 6.08 Å². The molecule has 3 nitrogen and oxygen atoms in total. The highest BCUT2D eigenvalue weighted by molar-refractivity contribution is 6.11. The number of amides is 1. The van der Waals surface area contributed by atoms with Gasteiger partial charge in [-0.3, -0.25) is 4.79 Å². The molecule has 4 rings (SSSR count). The van der Waals surface area contributed by atoms with Gasteiger partial charge in [-0.1, -0.05) is 60.7 Å². The summed E-state index contributed by atoms with van der Waals surface area (Å²) in [6, 6.07) is 27.8. The van der Waals surface area contributed by atoms with E-state index >= 15 is 0 Å². The summed E-state index contributed by atoms with van der Waals surface area (Å²) in [5, 5.41) is 0. The van der Waals surface area contributed by atoms with E-state index in [1.807, 2.05) is 95.9 Å². The van der Waals surface area contributed by atoms with Gasteiger partial charge in [-0.2, -0.15) is 0 Å². The third-order valence-corrected chi connectivity index (χ3v) is 4.89. The van der Waals surface area contributed by atoms with Crippen molar-refractivity contribution in [2.75, 3.05) is 12.0 Å². The second-order valence-electron chi connectivity index (χ2n) is 6.58. The molecule has 1 unspecified atom stereocenters. The van der Waals surface area contributed by atoms with Gasteiger partial charge in [0.15, 0.2) is 0 Å². The Balaban J connectivity index is 1.75. The largest absolute Gasteiger partial charge is 0.497 e. The Hall–Kier alpha value is -3.33. The van der Waals surface area contributed by atoms with Crippen molar-refractivity contribution in [2.24, 2.45) is 0 Å². The number of ether oxygens (including phenoxy) is 1. The summed E-state index contributed by atoms with van der Waals surface area (Å²) < 4.78 is 5.27. The summed E-state index contributed by atoms with van der Waals surface area (Å²) in [5.74, 6) is 0.875. The van der Waals surface area contributed by atoms with Gasteiger partial charge in [0, 0.05) is 17.7 Å². The van der Waals surface area contributed by atoms with E-state index in [-0.39, 0.29) is 11.9 Å². The fourth-order valence-corrected chi connectivity index (χ4v) is 3.53. The maximum absolute atomic E-state index is 13.3. The number of carbonyl (C=O) groups is 1. The Bertz CT molecular complexity index is 947. The van der Waals surface area contributed by atoms with Crippen LogP contribution in [0, 0.1) is 0 Å². The van der Waals surface area contributed by atoms with Crippen LogP contribution in [-0.4, -0.2) is 13.0 Å². The fourth-order valence-electron chi connectivity index (χ4n) is 3.53. The molecule has 0 aliphatic carbocycles. The SMILES string of the molecule is COc1ccc(C2C/C(=C/c3ccccc3)C(=O)N2c2ccccc2)cc1. The number of anilines is 1. The first-order valence-electron chi connectivity index (χ1n) is 9.04. The molecule has 0 saturated carbocycles. The monoisotopic (exact) mass is 355 g/mol. The number of carbonyl (C=O) groups excluding carboxylic acids is 1. The molecule has 1 amide bonds. The zero-order chi connectivity index (χ0) is 18.6. The lowest BCUT2D eigenvalue weighted by molar-refractivity contribution is -0.114. The summed E-state index contributed by atoms with van der Waals surface area (Å²) in [6.45, 7) is 0. The summed E-state index contributed by atoms with van der Waals surface area (Å²) in [5.41, 5.74) is 3.89.